The lowest BCUT2D eigenvalue weighted by Crippen LogP contribution is -2.55. The topological polar surface area (TPSA) is 155 Å². The van der Waals surface area contributed by atoms with E-state index in [4.69, 9.17) is 22.1 Å². The van der Waals surface area contributed by atoms with Crippen molar-refractivity contribution in [2.45, 2.75) is 58.5 Å². The summed E-state index contributed by atoms with van der Waals surface area (Å²) in [4.78, 5) is 53.7. The molecule has 0 bridgehead atoms. The number of benzene rings is 1. The first-order valence-corrected chi connectivity index (χ1v) is 12.3. The van der Waals surface area contributed by atoms with Gasteiger partial charge in [-0.2, -0.15) is 0 Å². The fourth-order valence-corrected chi connectivity index (χ4v) is 4.59. The molecule has 0 spiro atoms. The van der Waals surface area contributed by atoms with Crippen LogP contribution < -0.4 is 26.4 Å². The molecule has 196 valence electrons. The largest absolute Gasteiger partial charge is 0.496 e. The average Bonchev–Trinajstić information content (AvgIpc) is 3.25. The maximum Gasteiger partial charge on any atom is 0.268 e. The van der Waals surface area contributed by atoms with Crippen molar-refractivity contribution in [3.63, 3.8) is 0 Å². The van der Waals surface area contributed by atoms with Crippen LogP contribution >= 0.6 is 11.6 Å². The molecule has 0 saturated carbocycles. The van der Waals surface area contributed by atoms with Crippen LogP contribution in [-0.4, -0.2) is 54.4 Å². The predicted molar refractivity (Wildman–Crippen MR) is 137 cm³/mol. The van der Waals surface area contributed by atoms with Crippen molar-refractivity contribution in [1.82, 2.24) is 20.9 Å². The summed E-state index contributed by atoms with van der Waals surface area (Å²) in [6, 6.07) is 2.97. The summed E-state index contributed by atoms with van der Waals surface area (Å²) in [6.07, 6.45) is 1.80. The Morgan fingerprint density at radius 2 is 1.94 bits per heavy atom. The van der Waals surface area contributed by atoms with Crippen molar-refractivity contribution in [1.29, 1.82) is 0 Å². The molecule has 1 saturated heterocycles. The van der Waals surface area contributed by atoms with Crippen molar-refractivity contribution >= 4 is 46.1 Å². The smallest absolute Gasteiger partial charge is 0.268 e. The molecule has 11 heteroatoms. The minimum Gasteiger partial charge on any atom is -0.496 e. The monoisotopic (exact) mass is 519 g/mol. The number of aromatic nitrogens is 1. The number of nitrogens with one attached hydrogen (secondary N) is 4. The Bertz CT molecular complexity index is 1160. The van der Waals surface area contributed by atoms with Gasteiger partial charge in [-0.1, -0.05) is 32.4 Å². The van der Waals surface area contributed by atoms with Crippen LogP contribution in [-0.2, 0) is 14.4 Å². The van der Waals surface area contributed by atoms with Gasteiger partial charge in [-0.3, -0.25) is 19.2 Å². The molecule has 2 aromatic rings. The number of piperidine rings is 1. The number of primary amides is 1. The molecule has 0 unspecified atom stereocenters. The van der Waals surface area contributed by atoms with Crippen LogP contribution in [0.3, 0.4) is 0 Å². The highest BCUT2D eigenvalue weighted by Gasteiger charge is 2.33. The van der Waals surface area contributed by atoms with E-state index in [1.54, 1.807) is 18.2 Å². The van der Waals surface area contributed by atoms with Crippen LogP contribution in [0.25, 0.3) is 10.9 Å². The fourth-order valence-electron chi connectivity index (χ4n) is 4.38. The number of amides is 4. The molecule has 3 rings (SSSR count). The SMILES string of the molecule is COc1ccc(Cl)c2[nH]c(C(=O)N[C@@H](CC(C)(C)C)C(=O)N[C@@H](C[C@@H]3CCCNC3=O)C(N)=O)cc12. The number of hydrogen-bond acceptors (Lipinski definition) is 5. The summed E-state index contributed by atoms with van der Waals surface area (Å²) in [5.74, 6) is -1.84. The average molecular weight is 520 g/mol. The minimum absolute atomic E-state index is 0.101. The lowest BCUT2D eigenvalue weighted by Gasteiger charge is -2.29. The Labute approximate surface area is 215 Å². The molecule has 4 amide bonds. The quantitative estimate of drug-likeness (QED) is 0.343. The van der Waals surface area contributed by atoms with Gasteiger partial charge in [0.2, 0.25) is 17.7 Å². The Morgan fingerprint density at radius 3 is 2.56 bits per heavy atom. The Kier molecular flexibility index (Phi) is 8.50. The summed E-state index contributed by atoms with van der Waals surface area (Å²) in [5, 5.41) is 9.25. The fraction of sp³-hybridized carbons (Fsp3) is 0.520. The number of nitrogens with two attached hydrogens (primary N) is 1. The number of rotatable bonds is 9. The molecule has 1 fully saturated rings. The van der Waals surface area contributed by atoms with Crippen LogP contribution in [0.4, 0.5) is 0 Å². The number of carbonyl (C=O) groups is 4. The Morgan fingerprint density at radius 1 is 1.22 bits per heavy atom. The molecule has 2 heterocycles. The van der Waals surface area contributed by atoms with Crippen molar-refractivity contribution in [3.8, 4) is 5.75 Å². The third kappa shape index (κ3) is 6.69. The highest BCUT2D eigenvalue weighted by Crippen LogP contribution is 2.32. The zero-order chi connectivity index (χ0) is 26.6. The van der Waals surface area contributed by atoms with E-state index in [9.17, 15) is 19.2 Å². The second kappa shape index (κ2) is 11.2. The number of carbonyl (C=O) groups excluding carboxylic acids is 4. The van der Waals surface area contributed by atoms with Gasteiger partial charge >= 0.3 is 0 Å². The van der Waals surface area contributed by atoms with Crippen LogP contribution in [0.1, 0.15) is 56.9 Å². The van der Waals surface area contributed by atoms with Gasteiger partial charge in [0.05, 0.1) is 17.6 Å². The molecule has 1 aromatic carbocycles. The molecule has 6 N–H and O–H groups in total. The van der Waals surface area contributed by atoms with Crippen molar-refractivity contribution in [2.24, 2.45) is 17.1 Å². The zero-order valence-corrected chi connectivity index (χ0v) is 21.8. The molecule has 10 nitrogen and oxygen atoms in total. The second-order valence-electron chi connectivity index (χ2n) is 10.3. The standard InChI is InChI=1S/C25H34ClN5O5/c1-25(2,3)12-18(24(35)30-16(21(27)32)10-13-6-5-9-28-22(13)33)31-23(34)17-11-14-19(36-4)8-7-15(26)20(14)29-17/h7-8,11,13,16,18,29H,5-6,9-10,12H2,1-4H3,(H2,27,32)(H,28,33)(H,30,35)(H,31,34)/t13-,16-,18-/m0/s1. The molecule has 0 aliphatic carbocycles. The number of halogens is 1. The maximum atomic E-state index is 13.3. The lowest BCUT2D eigenvalue weighted by atomic mass is 9.87. The summed E-state index contributed by atoms with van der Waals surface area (Å²) in [5.41, 5.74) is 5.97. The lowest BCUT2D eigenvalue weighted by molar-refractivity contribution is -0.131. The van der Waals surface area contributed by atoms with Gasteiger partial charge in [-0.25, -0.2) is 0 Å². The molecule has 1 aliphatic rings. The van der Waals surface area contributed by atoms with Gasteiger partial charge in [0.1, 0.15) is 23.5 Å². The minimum atomic E-state index is -1.04. The number of ether oxygens (including phenoxy) is 1. The number of methoxy groups -OCH3 is 1. The van der Waals surface area contributed by atoms with E-state index in [-0.39, 0.29) is 23.4 Å². The summed E-state index contributed by atoms with van der Waals surface area (Å²) in [7, 11) is 1.52. The molecule has 1 aliphatic heterocycles. The number of aromatic amines is 1. The van der Waals surface area contributed by atoms with E-state index in [1.165, 1.54) is 7.11 Å². The summed E-state index contributed by atoms with van der Waals surface area (Å²) >= 11 is 6.27. The molecule has 1 aromatic heterocycles. The summed E-state index contributed by atoms with van der Waals surface area (Å²) in [6.45, 7) is 6.40. The van der Waals surface area contributed by atoms with Gasteiger partial charge in [0.25, 0.3) is 5.91 Å². The highest BCUT2D eigenvalue weighted by atomic mass is 35.5. The Hall–Kier alpha value is -3.27. The van der Waals surface area contributed by atoms with Gasteiger partial charge in [0.15, 0.2) is 0 Å². The number of H-pyrrole nitrogens is 1. The van der Waals surface area contributed by atoms with Gasteiger partial charge in [0, 0.05) is 17.8 Å². The van der Waals surface area contributed by atoms with Gasteiger partial charge in [-0.15, -0.1) is 0 Å². The molecular weight excluding hydrogens is 486 g/mol. The van der Waals surface area contributed by atoms with Crippen LogP contribution in [0.15, 0.2) is 18.2 Å². The van der Waals surface area contributed by atoms with E-state index in [2.05, 4.69) is 20.9 Å². The van der Waals surface area contributed by atoms with Crippen molar-refractivity contribution in [3.05, 3.63) is 28.9 Å². The molecular formula is C25H34ClN5O5. The first-order valence-electron chi connectivity index (χ1n) is 11.9. The zero-order valence-electron chi connectivity index (χ0n) is 21.0. The van der Waals surface area contributed by atoms with E-state index in [0.29, 0.717) is 41.1 Å². The predicted octanol–water partition coefficient (Wildman–Crippen LogP) is 2.25. The van der Waals surface area contributed by atoms with Crippen LogP contribution in [0, 0.1) is 11.3 Å². The van der Waals surface area contributed by atoms with E-state index >= 15 is 0 Å². The van der Waals surface area contributed by atoms with Crippen molar-refractivity contribution in [2.75, 3.05) is 13.7 Å². The summed E-state index contributed by atoms with van der Waals surface area (Å²) < 4.78 is 5.35. The van der Waals surface area contributed by atoms with Crippen LogP contribution in [0.2, 0.25) is 5.02 Å². The van der Waals surface area contributed by atoms with Crippen molar-refractivity contribution < 1.29 is 23.9 Å². The maximum absolute atomic E-state index is 13.3. The third-order valence-corrected chi connectivity index (χ3v) is 6.50. The molecule has 3 atom stereocenters. The van der Waals surface area contributed by atoms with Gasteiger partial charge in [-0.05, 0) is 49.3 Å². The first-order chi connectivity index (χ1) is 16.9. The number of fused-ring (bicyclic) bond motifs is 1. The molecule has 0 radical (unpaired) electrons. The first kappa shape index (κ1) is 27.3. The van der Waals surface area contributed by atoms with E-state index in [1.807, 2.05) is 20.8 Å². The van der Waals surface area contributed by atoms with Gasteiger partial charge < -0.3 is 31.4 Å². The normalized spacial score (nSPS) is 17.7. The highest BCUT2D eigenvalue weighted by molar-refractivity contribution is 6.35. The second-order valence-corrected chi connectivity index (χ2v) is 10.7. The van der Waals surface area contributed by atoms with E-state index in [0.717, 1.165) is 6.42 Å². The Balaban J connectivity index is 1.80. The van der Waals surface area contributed by atoms with E-state index < -0.39 is 35.7 Å². The van der Waals surface area contributed by atoms with Crippen LogP contribution in [0.5, 0.6) is 5.75 Å². The molecule has 36 heavy (non-hydrogen) atoms. The third-order valence-electron chi connectivity index (χ3n) is 6.19. The number of hydrogen-bond donors (Lipinski definition) is 5.